The third-order valence-corrected chi connectivity index (χ3v) is 3.16. The van der Waals surface area contributed by atoms with Gasteiger partial charge < -0.3 is 16.2 Å². The number of amides is 1. The molecule has 1 saturated carbocycles. The average Bonchev–Trinajstić information content (AvgIpc) is 2.76. The van der Waals surface area contributed by atoms with E-state index in [1.54, 1.807) is 12.1 Å². The Balaban J connectivity index is 2.07. The van der Waals surface area contributed by atoms with Gasteiger partial charge in [-0.2, -0.15) is 0 Å². The molecule has 0 saturated heterocycles. The molecule has 1 aromatic heterocycles. The average molecular weight is 235 g/mol. The molecule has 1 fully saturated rings. The van der Waals surface area contributed by atoms with Gasteiger partial charge >= 0.3 is 0 Å². The lowest BCUT2D eigenvalue weighted by Crippen LogP contribution is -2.27. The van der Waals surface area contributed by atoms with Gasteiger partial charge in [-0.1, -0.05) is 0 Å². The van der Waals surface area contributed by atoms with Crippen molar-refractivity contribution in [3.63, 3.8) is 0 Å². The van der Waals surface area contributed by atoms with Crippen LogP contribution in [0.5, 0.6) is 5.75 Å². The Morgan fingerprint density at radius 1 is 1.53 bits per heavy atom. The zero-order valence-corrected chi connectivity index (χ0v) is 9.63. The first-order valence-corrected chi connectivity index (χ1v) is 5.83. The van der Waals surface area contributed by atoms with Crippen molar-refractivity contribution < 1.29 is 9.53 Å². The van der Waals surface area contributed by atoms with Crippen LogP contribution in [-0.2, 0) is 0 Å². The molecule has 2 unspecified atom stereocenters. The van der Waals surface area contributed by atoms with E-state index in [4.69, 9.17) is 16.2 Å². The summed E-state index contributed by atoms with van der Waals surface area (Å²) in [5, 5.41) is 0. The second kappa shape index (κ2) is 5.14. The maximum Gasteiger partial charge on any atom is 0.267 e. The smallest absolute Gasteiger partial charge is 0.267 e. The van der Waals surface area contributed by atoms with Gasteiger partial charge in [-0.3, -0.25) is 9.78 Å². The Morgan fingerprint density at radius 2 is 2.35 bits per heavy atom. The first-order valence-electron chi connectivity index (χ1n) is 5.83. The molecule has 5 nitrogen and oxygen atoms in total. The second-order valence-electron chi connectivity index (χ2n) is 4.32. The number of rotatable bonds is 4. The maximum absolute atomic E-state index is 11.0. The number of carbonyl (C=O) groups is 1. The largest absolute Gasteiger partial charge is 0.490 e. The number of ether oxygens (including phenoxy) is 1. The van der Waals surface area contributed by atoms with Gasteiger partial charge in [0.2, 0.25) is 0 Å². The lowest BCUT2D eigenvalue weighted by molar-refractivity contribution is 0.0994. The molecule has 1 aliphatic carbocycles. The fraction of sp³-hybridized carbons (Fsp3) is 0.500. The highest BCUT2D eigenvalue weighted by Crippen LogP contribution is 2.28. The zero-order chi connectivity index (χ0) is 12.3. The van der Waals surface area contributed by atoms with E-state index in [9.17, 15) is 4.79 Å². The van der Waals surface area contributed by atoms with Crippen LogP contribution in [0, 0.1) is 5.92 Å². The summed E-state index contributed by atoms with van der Waals surface area (Å²) in [6, 6.07) is 3.31. The van der Waals surface area contributed by atoms with E-state index in [1.165, 1.54) is 6.20 Å². The minimum atomic E-state index is -0.544. The van der Waals surface area contributed by atoms with Crippen molar-refractivity contribution in [1.82, 2.24) is 4.98 Å². The molecular weight excluding hydrogens is 218 g/mol. The molecule has 92 valence electrons. The van der Waals surface area contributed by atoms with Crippen LogP contribution >= 0.6 is 0 Å². The van der Waals surface area contributed by atoms with Gasteiger partial charge in [-0.05, 0) is 31.9 Å². The van der Waals surface area contributed by atoms with Crippen LogP contribution in [0.4, 0.5) is 0 Å². The highest BCUT2D eigenvalue weighted by Gasteiger charge is 2.27. The van der Waals surface area contributed by atoms with Gasteiger partial charge in [-0.15, -0.1) is 0 Å². The SMILES string of the molecule is NCC1CCCC1Oc1ccnc(C(N)=O)c1. The molecule has 0 radical (unpaired) electrons. The van der Waals surface area contributed by atoms with E-state index in [0.717, 1.165) is 19.3 Å². The molecule has 4 N–H and O–H groups in total. The summed E-state index contributed by atoms with van der Waals surface area (Å²) in [5.74, 6) is 0.497. The highest BCUT2D eigenvalue weighted by molar-refractivity contribution is 5.91. The molecule has 2 rings (SSSR count). The molecule has 0 aromatic carbocycles. The van der Waals surface area contributed by atoms with Crippen LogP contribution < -0.4 is 16.2 Å². The van der Waals surface area contributed by atoms with Crippen molar-refractivity contribution >= 4 is 5.91 Å². The van der Waals surface area contributed by atoms with Crippen LogP contribution in [0.2, 0.25) is 0 Å². The Morgan fingerprint density at radius 3 is 3.06 bits per heavy atom. The lowest BCUT2D eigenvalue weighted by atomic mass is 10.1. The summed E-state index contributed by atoms with van der Waals surface area (Å²) in [4.78, 5) is 14.9. The third kappa shape index (κ3) is 2.74. The summed E-state index contributed by atoms with van der Waals surface area (Å²) in [6.45, 7) is 0.637. The van der Waals surface area contributed by atoms with Crippen molar-refractivity contribution in [3.8, 4) is 5.75 Å². The van der Waals surface area contributed by atoms with E-state index >= 15 is 0 Å². The highest BCUT2D eigenvalue weighted by atomic mass is 16.5. The van der Waals surface area contributed by atoms with Gasteiger partial charge in [0.15, 0.2) is 0 Å². The van der Waals surface area contributed by atoms with E-state index in [-0.39, 0.29) is 11.8 Å². The number of pyridine rings is 1. The molecule has 1 aromatic rings. The Hall–Kier alpha value is -1.62. The van der Waals surface area contributed by atoms with Crippen molar-refractivity contribution in [3.05, 3.63) is 24.0 Å². The van der Waals surface area contributed by atoms with Crippen molar-refractivity contribution in [1.29, 1.82) is 0 Å². The van der Waals surface area contributed by atoms with E-state index in [2.05, 4.69) is 4.98 Å². The predicted octanol–water partition coefficient (Wildman–Crippen LogP) is 0.687. The summed E-state index contributed by atoms with van der Waals surface area (Å²) in [5.41, 5.74) is 11.1. The van der Waals surface area contributed by atoms with Crippen LogP contribution in [0.3, 0.4) is 0 Å². The van der Waals surface area contributed by atoms with E-state index in [1.807, 2.05) is 0 Å². The van der Waals surface area contributed by atoms with Gasteiger partial charge in [-0.25, -0.2) is 0 Å². The number of nitrogens with zero attached hydrogens (tertiary/aromatic N) is 1. The van der Waals surface area contributed by atoms with Crippen molar-refractivity contribution in [2.45, 2.75) is 25.4 Å². The minimum absolute atomic E-state index is 0.142. The lowest BCUT2D eigenvalue weighted by Gasteiger charge is -2.19. The normalized spacial score (nSPS) is 23.6. The van der Waals surface area contributed by atoms with Gasteiger partial charge in [0.25, 0.3) is 5.91 Å². The Bertz CT molecular complexity index is 408. The molecule has 1 heterocycles. The molecule has 17 heavy (non-hydrogen) atoms. The maximum atomic E-state index is 11.0. The summed E-state index contributed by atoms with van der Waals surface area (Å²) >= 11 is 0. The molecule has 0 bridgehead atoms. The number of hydrogen-bond acceptors (Lipinski definition) is 4. The molecule has 5 heteroatoms. The topological polar surface area (TPSA) is 91.2 Å². The van der Waals surface area contributed by atoms with Crippen molar-refractivity contribution in [2.24, 2.45) is 17.4 Å². The first-order chi connectivity index (χ1) is 8.20. The molecule has 1 amide bonds. The van der Waals surface area contributed by atoms with Crippen LogP contribution in [0.1, 0.15) is 29.8 Å². The van der Waals surface area contributed by atoms with Crippen LogP contribution in [0.25, 0.3) is 0 Å². The minimum Gasteiger partial charge on any atom is -0.490 e. The van der Waals surface area contributed by atoms with Gasteiger partial charge in [0, 0.05) is 18.2 Å². The van der Waals surface area contributed by atoms with Gasteiger partial charge in [0.1, 0.15) is 17.5 Å². The van der Waals surface area contributed by atoms with E-state index in [0.29, 0.717) is 18.2 Å². The zero-order valence-electron chi connectivity index (χ0n) is 9.63. The number of hydrogen-bond donors (Lipinski definition) is 2. The van der Waals surface area contributed by atoms with Crippen molar-refractivity contribution in [2.75, 3.05) is 6.54 Å². The molecule has 2 atom stereocenters. The summed E-state index contributed by atoms with van der Waals surface area (Å²) < 4.78 is 5.84. The number of nitrogens with two attached hydrogens (primary N) is 2. The molecule has 1 aliphatic rings. The quantitative estimate of drug-likeness (QED) is 0.803. The predicted molar refractivity (Wildman–Crippen MR) is 63.6 cm³/mol. The Labute approximate surface area is 100 Å². The molecule has 0 spiro atoms. The Kier molecular flexibility index (Phi) is 3.58. The standard InChI is InChI=1S/C12H17N3O2/c13-7-8-2-1-3-11(8)17-9-4-5-15-10(6-9)12(14)16/h4-6,8,11H,1-3,7,13H2,(H2,14,16). The second-order valence-corrected chi connectivity index (χ2v) is 4.32. The fourth-order valence-corrected chi connectivity index (χ4v) is 2.22. The first kappa shape index (κ1) is 11.9. The van der Waals surface area contributed by atoms with E-state index < -0.39 is 5.91 Å². The summed E-state index contributed by atoms with van der Waals surface area (Å²) in [6.07, 6.45) is 4.93. The van der Waals surface area contributed by atoms with Crippen LogP contribution in [0.15, 0.2) is 18.3 Å². The number of primary amides is 1. The monoisotopic (exact) mass is 235 g/mol. The summed E-state index contributed by atoms with van der Waals surface area (Å²) in [7, 11) is 0. The van der Waals surface area contributed by atoms with Crippen LogP contribution in [-0.4, -0.2) is 23.5 Å². The number of carbonyl (C=O) groups excluding carboxylic acids is 1. The number of aromatic nitrogens is 1. The fourth-order valence-electron chi connectivity index (χ4n) is 2.22. The third-order valence-electron chi connectivity index (χ3n) is 3.16. The molecular formula is C12H17N3O2. The van der Waals surface area contributed by atoms with Gasteiger partial charge in [0.05, 0.1) is 0 Å². The molecule has 0 aliphatic heterocycles.